The summed E-state index contributed by atoms with van der Waals surface area (Å²) in [5.41, 5.74) is 1.91. The van der Waals surface area contributed by atoms with E-state index in [1.807, 2.05) is 0 Å². The zero-order valence-electron chi connectivity index (χ0n) is 14.2. The van der Waals surface area contributed by atoms with Gasteiger partial charge in [0.25, 0.3) is 0 Å². The second-order valence-corrected chi connectivity index (χ2v) is 5.92. The Balaban J connectivity index is 2.30. The van der Waals surface area contributed by atoms with Crippen molar-refractivity contribution < 1.29 is 18.7 Å². The molecule has 3 nitrogen and oxygen atoms in total. The fourth-order valence-electron chi connectivity index (χ4n) is 3.05. The summed E-state index contributed by atoms with van der Waals surface area (Å²) in [4.78, 5) is 25.3. The van der Waals surface area contributed by atoms with E-state index in [4.69, 9.17) is 4.74 Å². The predicted octanol–water partition coefficient (Wildman–Crippen LogP) is 4.61. The highest BCUT2D eigenvalue weighted by Crippen LogP contribution is 2.28. The first-order valence-corrected chi connectivity index (χ1v) is 7.86. The molecule has 0 radical (unpaired) electrons. The summed E-state index contributed by atoms with van der Waals surface area (Å²) in [7, 11) is 1.27. The van der Waals surface area contributed by atoms with Crippen molar-refractivity contribution in [1.82, 2.24) is 0 Å². The van der Waals surface area contributed by atoms with E-state index in [0.29, 0.717) is 27.5 Å². The lowest BCUT2D eigenvalue weighted by Crippen LogP contribution is -2.14. The van der Waals surface area contributed by atoms with Crippen LogP contribution in [-0.2, 0) is 4.74 Å². The lowest BCUT2D eigenvalue weighted by molar-refractivity contribution is 0.0597. The van der Waals surface area contributed by atoms with Crippen LogP contribution in [0.15, 0.2) is 48.5 Å². The smallest absolute Gasteiger partial charge is 0.338 e. The molecule has 0 spiro atoms. The molecule has 126 valence electrons. The van der Waals surface area contributed by atoms with E-state index in [-0.39, 0.29) is 22.7 Å². The number of fused-ring (bicyclic) bond motifs is 1. The minimum atomic E-state index is -0.574. The summed E-state index contributed by atoms with van der Waals surface area (Å²) in [5.74, 6) is -1.24. The van der Waals surface area contributed by atoms with Gasteiger partial charge in [-0.3, -0.25) is 4.79 Å². The third-order valence-electron chi connectivity index (χ3n) is 4.31. The number of carbonyl (C=O) groups excluding carboxylic acids is 2. The van der Waals surface area contributed by atoms with Gasteiger partial charge in [0.05, 0.1) is 12.7 Å². The Bertz CT molecular complexity index is 1010. The van der Waals surface area contributed by atoms with Gasteiger partial charge in [0.2, 0.25) is 0 Å². The van der Waals surface area contributed by atoms with Crippen molar-refractivity contribution >= 4 is 22.5 Å². The number of rotatable bonds is 3. The van der Waals surface area contributed by atoms with E-state index in [1.165, 1.54) is 13.2 Å². The molecule has 3 aromatic rings. The van der Waals surface area contributed by atoms with Gasteiger partial charge in [0, 0.05) is 16.5 Å². The van der Waals surface area contributed by atoms with Crippen molar-refractivity contribution in [3.8, 4) is 0 Å². The SMILES string of the molecule is COC(=O)c1cccc(C)c1C(=O)c1cc(C)c(F)c2ccccc12. The molecule has 3 aromatic carbocycles. The summed E-state index contributed by atoms with van der Waals surface area (Å²) in [6, 6.07) is 13.4. The van der Waals surface area contributed by atoms with Crippen molar-refractivity contribution in [2.24, 2.45) is 0 Å². The Morgan fingerprint density at radius 3 is 2.24 bits per heavy atom. The fourth-order valence-corrected chi connectivity index (χ4v) is 3.05. The maximum Gasteiger partial charge on any atom is 0.338 e. The van der Waals surface area contributed by atoms with Gasteiger partial charge in [-0.2, -0.15) is 0 Å². The summed E-state index contributed by atoms with van der Waals surface area (Å²) < 4.78 is 19.2. The normalized spacial score (nSPS) is 10.7. The molecule has 3 rings (SSSR count). The highest BCUT2D eigenvalue weighted by molar-refractivity contribution is 6.20. The first-order valence-electron chi connectivity index (χ1n) is 7.86. The van der Waals surface area contributed by atoms with Crippen LogP contribution in [-0.4, -0.2) is 18.9 Å². The molecule has 0 amide bonds. The molecule has 0 saturated heterocycles. The molecular formula is C21H17FO3. The topological polar surface area (TPSA) is 43.4 Å². The summed E-state index contributed by atoms with van der Waals surface area (Å²) >= 11 is 0. The Kier molecular flexibility index (Phi) is 4.36. The van der Waals surface area contributed by atoms with Crippen LogP contribution in [0.25, 0.3) is 10.8 Å². The van der Waals surface area contributed by atoms with Crippen molar-refractivity contribution in [2.45, 2.75) is 13.8 Å². The Morgan fingerprint density at radius 2 is 1.56 bits per heavy atom. The molecule has 25 heavy (non-hydrogen) atoms. The Hall–Kier alpha value is -3.01. The number of esters is 1. The van der Waals surface area contributed by atoms with Crippen LogP contribution in [0.2, 0.25) is 0 Å². The standard InChI is InChI=1S/C21H17FO3/c1-12-7-6-10-16(21(24)25-3)18(12)20(23)17-11-13(2)19(22)15-9-5-4-8-14(15)17/h4-11H,1-3H3. The number of ether oxygens (including phenoxy) is 1. The highest BCUT2D eigenvalue weighted by Gasteiger charge is 2.23. The van der Waals surface area contributed by atoms with Gasteiger partial charge >= 0.3 is 5.97 Å². The van der Waals surface area contributed by atoms with Crippen LogP contribution in [0.1, 0.15) is 37.4 Å². The van der Waals surface area contributed by atoms with Crippen molar-refractivity contribution in [3.63, 3.8) is 0 Å². The van der Waals surface area contributed by atoms with Gasteiger partial charge in [-0.05, 0) is 42.5 Å². The minimum Gasteiger partial charge on any atom is -0.465 e. The number of benzene rings is 3. The van der Waals surface area contributed by atoms with Crippen LogP contribution in [0.3, 0.4) is 0 Å². The molecule has 0 heterocycles. The molecule has 4 heteroatoms. The lowest BCUT2D eigenvalue weighted by Gasteiger charge is -2.13. The zero-order valence-corrected chi connectivity index (χ0v) is 14.2. The lowest BCUT2D eigenvalue weighted by atomic mass is 9.90. The minimum absolute atomic E-state index is 0.207. The third-order valence-corrected chi connectivity index (χ3v) is 4.31. The van der Waals surface area contributed by atoms with Gasteiger partial charge in [0.1, 0.15) is 5.82 Å². The molecule has 0 fully saturated rings. The van der Waals surface area contributed by atoms with Crippen LogP contribution >= 0.6 is 0 Å². The van der Waals surface area contributed by atoms with Crippen molar-refractivity contribution in [1.29, 1.82) is 0 Å². The number of hydrogen-bond donors (Lipinski definition) is 0. The van der Waals surface area contributed by atoms with E-state index in [9.17, 15) is 14.0 Å². The van der Waals surface area contributed by atoms with Gasteiger partial charge < -0.3 is 4.74 Å². The van der Waals surface area contributed by atoms with Crippen LogP contribution in [0, 0.1) is 19.7 Å². The molecule has 0 atom stereocenters. The van der Waals surface area contributed by atoms with E-state index in [2.05, 4.69) is 0 Å². The number of hydrogen-bond acceptors (Lipinski definition) is 3. The quantitative estimate of drug-likeness (QED) is 0.518. The molecule has 0 unspecified atom stereocenters. The maximum absolute atomic E-state index is 14.4. The monoisotopic (exact) mass is 336 g/mol. The molecule has 0 aliphatic carbocycles. The number of carbonyl (C=O) groups is 2. The number of ketones is 1. The van der Waals surface area contributed by atoms with Gasteiger partial charge in [-0.1, -0.05) is 36.4 Å². The van der Waals surface area contributed by atoms with Gasteiger partial charge in [-0.15, -0.1) is 0 Å². The van der Waals surface area contributed by atoms with Crippen molar-refractivity contribution in [3.05, 3.63) is 82.2 Å². The first kappa shape index (κ1) is 16.8. The molecule has 0 aliphatic heterocycles. The number of halogens is 1. The molecule has 0 aliphatic rings. The largest absolute Gasteiger partial charge is 0.465 e. The van der Waals surface area contributed by atoms with Crippen molar-refractivity contribution in [2.75, 3.05) is 7.11 Å². The van der Waals surface area contributed by atoms with E-state index < -0.39 is 5.97 Å². The Labute approximate surface area is 145 Å². The summed E-state index contributed by atoms with van der Waals surface area (Å²) in [6.07, 6.45) is 0. The number of aryl methyl sites for hydroxylation is 2. The number of methoxy groups -OCH3 is 1. The van der Waals surface area contributed by atoms with Crippen LogP contribution in [0.5, 0.6) is 0 Å². The fraction of sp³-hybridized carbons (Fsp3) is 0.143. The average Bonchev–Trinajstić information content (AvgIpc) is 2.63. The second kappa shape index (κ2) is 6.48. The summed E-state index contributed by atoms with van der Waals surface area (Å²) in [5, 5.41) is 0.911. The molecule has 0 N–H and O–H groups in total. The van der Waals surface area contributed by atoms with Gasteiger partial charge in [-0.25, -0.2) is 9.18 Å². The molecule has 0 saturated carbocycles. The van der Waals surface area contributed by atoms with E-state index in [1.54, 1.807) is 56.3 Å². The van der Waals surface area contributed by atoms with Crippen LogP contribution in [0.4, 0.5) is 4.39 Å². The Morgan fingerprint density at radius 1 is 0.880 bits per heavy atom. The van der Waals surface area contributed by atoms with Crippen LogP contribution < -0.4 is 0 Å². The average molecular weight is 336 g/mol. The zero-order chi connectivity index (χ0) is 18.1. The maximum atomic E-state index is 14.4. The third kappa shape index (κ3) is 2.80. The second-order valence-electron chi connectivity index (χ2n) is 5.92. The predicted molar refractivity (Wildman–Crippen MR) is 94.6 cm³/mol. The summed E-state index contributed by atoms with van der Waals surface area (Å²) in [6.45, 7) is 3.38. The van der Waals surface area contributed by atoms with E-state index in [0.717, 1.165) is 0 Å². The highest BCUT2D eigenvalue weighted by atomic mass is 19.1. The molecule has 0 bridgehead atoms. The van der Waals surface area contributed by atoms with Gasteiger partial charge in [0.15, 0.2) is 5.78 Å². The molecule has 0 aromatic heterocycles. The van der Waals surface area contributed by atoms with E-state index >= 15 is 0 Å². The molecular weight excluding hydrogens is 319 g/mol. The first-order chi connectivity index (χ1) is 12.0.